The minimum absolute atomic E-state index is 0.0262. The van der Waals surface area contributed by atoms with Gasteiger partial charge in [0.1, 0.15) is 71.5 Å². The quantitative estimate of drug-likeness (QED) is 0.0518. The Balaban J connectivity index is 1.53. The normalized spacial score (nSPS) is 33.7. The van der Waals surface area contributed by atoms with Crippen molar-refractivity contribution in [1.82, 2.24) is 0 Å². The van der Waals surface area contributed by atoms with Crippen molar-refractivity contribution in [2.45, 2.75) is 73.0 Å². The van der Waals surface area contributed by atoms with Gasteiger partial charge >= 0.3 is 0 Å². The molecule has 0 aromatic heterocycles. The molecule has 24 heteroatoms. The zero-order valence-electron chi connectivity index (χ0n) is 34.1. The van der Waals surface area contributed by atoms with E-state index in [1.54, 1.807) is 0 Å². The summed E-state index contributed by atoms with van der Waals surface area (Å²) in [6.45, 7) is -2.18. The summed E-state index contributed by atoms with van der Waals surface area (Å²) in [6.07, 6.45) is -18.7. The SMILES string of the molecule is O=C(/C=C/c1ccc(O)cc1)C1=C(O)C(O)(O[C@H]2O[C@@H](CO)[C@H](O)[C@@H](O)[C@@H]2O)C(=O)/C(=C\C2=C(O)C(O)(O[C@@H]3O[C@H](CO)[C@@H](O)[C@H](O)[C@H]3O)C(O)=C(C(=O)/C=C/c3ccc(O)cc3)C2=O)C1=O. The standard InChI is InChI=1S/C43H42O24/c44-14-24-30(52)32(54)34(56)40(64-24)66-42(62)36(58)20(28(50)26(38(42)60)22(48)11-5-16-1-7-18(46)8-2-16)13-21-29(51)27(23(49)12-6-17-3-9-19(47)10-4-17)39(61)43(63,37(21)59)67-41-35(57)33(55)31(53)25(15-45)65-41/h1-13,24-25,30-35,40-41,44-47,52-58,60-63H,14-15H2/b11-5+,12-6+,21-13-/t24-,25+,30-,31+,32+,33-,34-,35+,40+,41-,42?,43?/m1/s1. The molecular formula is C43H42O24. The number of aliphatic hydroxyl groups is 13. The van der Waals surface area contributed by atoms with Gasteiger partial charge in [-0.2, -0.15) is 0 Å². The lowest BCUT2D eigenvalue weighted by Crippen LogP contribution is -2.63. The Hall–Kier alpha value is -6.33. The van der Waals surface area contributed by atoms with Gasteiger partial charge in [0.05, 0.1) is 24.4 Å². The fourth-order valence-corrected chi connectivity index (χ4v) is 7.05. The summed E-state index contributed by atoms with van der Waals surface area (Å²) in [6, 6.07) is 9.90. The van der Waals surface area contributed by atoms with E-state index >= 15 is 0 Å². The largest absolute Gasteiger partial charge is 0.508 e. The molecule has 0 saturated carbocycles. The first-order chi connectivity index (χ1) is 31.5. The Morgan fingerprint density at radius 3 is 1.36 bits per heavy atom. The molecule has 6 rings (SSSR count). The highest BCUT2D eigenvalue weighted by atomic mass is 16.8. The molecule has 2 aliphatic heterocycles. The van der Waals surface area contributed by atoms with E-state index < -0.39 is 155 Å². The van der Waals surface area contributed by atoms with Crippen LogP contribution < -0.4 is 0 Å². The number of hydrogen-bond acceptors (Lipinski definition) is 24. The summed E-state index contributed by atoms with van der Waals surface area (Å²) in [5.74, 6) is -23.2. The maximum Gasteiger partial charge on any atom is 0.294 e. The number of rotatable bonds is 13. The molecule has 15 N–H and O–H groups in total. The van der Waals surface area contributed by atoms with E-state index in [9.17, 15) is 101 Å². The first-order valence-electron chi connectivity index (χ1n) is 19.6. The van der Waals surface area contributed by atoms with Crippen molar-refractivity contribution in [3.8, 4) is 11.5 Å². The third kappa shape index (κ3) is 9.35. The number of allylic oxidation sites excluding steroid dienone is 6. The summed E-state index contributed by atoms with van der Waals surface area (Å²) in [4.78, 5) is 70.4. The Morgan fingerprint density at radius 2 is 0.940 bits per heavy atom. The van der Waals surface area contributed by atoms with Gasteiger partial charge in [0.2, 0.25) is 17.3 Å². The fraction of sp³-hybridized carbons (Fsp3) is 0.326. The van der Waals surface area contributed by atoms with E-state index in [0.717, 1.165) is 12.2 Å². The van der Waals surface area contributed by atoms with Crippen LogP contribution >= 0.6 is 0 Å². The molecule has 24 nitrogen and oxygen atoms in total. The lowest BCUT2D eigenvalue weighted by atomic mass is 9.80. The second-order valence-electron chi connectivity index (χ2n) is 15.3. The number of phenolic OH excluding ortho intramolecular Hbond substituents is 2. The number of aromatic hydroxyl groups is 2. The van der Waals surface area contributed by atoms with Crippen molar-refractivity contribution in [2.24, 2.45) is 0 Å². The average molecular weight is 943 g/mol. The van der Waals surface area contributed by atoms with Crippen LogP contribution in [-0.2, 0) is 42.9 Å². The minimum atomic E-state index is -4.09. The highest BCUT2D eigenvalue weighted by molar-refractivity contribution is 6.41. The molecule has 2 saturated heterocycles. The Kier molecular flexibility index (Phi) is 14.6. The number of ether oxygens (including phenoxy) is 4. The molecule has 2 aromatic rings. The van der Waals surface area contributed by atoms with Crippen molar-refractivity contribution < 1.29 is 120 Å². The number of Topliss-reactive ketones (excluding diaryl/α,β-unsaturated/α-hetero) is 3. The van der Waals surface area contributed by atoms with Crippen LogP contribution in [0.1, 0.15) is 11.1 Å². The molecule has 67 heavy (non-hydrogen) atoms. The van der Waals surface area contributed by atoms with Crippen molar-refractivity contribution in [3.63, 3.8) is 0 Å². The van der Waals surface area contributed by atoms with E-state index in [2.05, 4.69) is 0 Å². The third-order valence-electron chi connectivity index (χ3n) is 10.9. The first-order valence-corrected chi connectivity index (χ1v) is 19.6. The first kappa shape index (κ1) is 50.1. The number of ketones is 5. The van der Waals surface area contributed by atoms with Gasteiger partial charge in [-0.05, 0) is 53.6 Å². The van der Waals surface area contributed by atoms with Crippen LogP contribution in [0.5, 0.6) is 11.5 Å². The number of carbonyl (C=O) groups excluding carboxylic acids is 5. The zero-order valence-corrected chi connectivity index (χ0v) is 34.1. The van der Waals surface area contributed by atoms with Crippen LogP contribution in [0.15, 0.2) is 106 Å². The van der Waals surface area contributed by atoms with E-state index in [1.807, 2.05) is 0 Å². The van der Waals surface area contributed by atoms with Crippen LogP contribution in [0.4, 0.5) is 0 Å². The van der Waals surface area contributed by atoms with Gasteiger partial charge in [0, 0.05) is 0 Å². The zero-order chi connectivity index (χ0) is 49.4. The molecule has 4 aliphatic rings. The maximum absolute atomic E-state index is 14.3. The summed E-state index contributed by atoms with van der Waals surface area (Å²) in [5, 5.41) is 159. The van der Waals surface area contributed by atoms with E-state index in [0.29, 0.717) is 12.2 Å². The highest BCUT2D eigenvalue weighted by Crippen LogP contribution is 2.42. The topological polar surface area (TPSA) is 426 Å². The van der Waals surface area contributed by atoms with Crippen molar-refractivity contribution >= 4 is 41.1 Å². The summed E-state index contributed by atoms with van der Waals surface area (Å²) in [5.41, 5.74) is -5.91. The second kappa shape index (κ2) is 19.5. The summed E-state index contributed by atoms with van der Waals surface area (Å²) in [7, 11) is 0. The lowest BCUT2D eigenvalue weighted by molar-refractivity contribution is -0.353. The number of aliphatic hydroxyl groups excluding tert-OH is 11. The van der Waals surface area contributed by atoms with Crippen LogP contribution in [0.25, 0.3) is 12.2 Å². The van der Waals surface area contributed by atoms with E-state index in [4.69, 9.17) is 18.9 Å². The van der Waals surface area contributed by atoms with Gasteiger partial charge in [0.15, 0.2) is 41.4 Å². The monoisotopic (exact) mass is 942 g/mol. The predicted octanol–water partition coefficient (Wildman–Crippen LogP) is -3.93. The van der Waals surface area contributed by atoms with E-state index in [-0.39, 0.29) is 28.7 Å². The molecule has 2 unspecified atom stereocenters. The second-order valence-corrected chi connectivity index (χ2v) is 15.3. The van der Waals surface area contributed by atoms with Gasteiger partial charge in [-0.15, -0.1) is 0 Å². The lowest BCUT2D eigenvalue weighted by Gasteiger charge is -2.43. The third-order valence-corrected chi connectivity index (χ3v) is 10.9. The van der Waals surface area contributed by atoms with Gasteiger partial charge in [-0.3, -0.25) is 24.0 Å². The molecule has 0 spiro atoms. The van der Waals surface area contributed by atoms with Gasteiger partial charge < -0.3 is 95.5 Å². The van der Waals surface area contributed by atoms with Crippen LogP contribution in [-0.4, -0.2) is 192 Å². The van der Waals surface area contributed by atoms with Crippen LogP contribution in [0.3, 0.4) is 0 Å². The molecule has 2 fully saturated rings. The van der Waals surface area contributed by atoms with Crippen LogP contribution in [0.2, 0.25) is 0 Å². The Morgan fingerprint density at radius 1 is 0.552 bits per heavy atom. The smallest absolute Gasteiger partial charge is 0.294 e. The number of phenols is 2. The molecule has 358 valence electrons. The molecule has 12 atom stereocenters. The van der Waals surface area contributed by atoms with Crippen molar-refractivity contribution in [1.29, 1.82) is 0 Å². The van der Waals surface area contributed by atoms with Crippen molar-refractivity contribution in [3.05, 3.63) is 117 Å². The molecule has 2 heterocycles. The molecule has 2 aromatic carbocycles. The fourth-order valence-electron chi connectivity index (χ4n) is 7.05. The Bertz CT molecular complexity index is 2500. The maximum atomic E-state index is 14.3. The Labute approximate surface area is 375 Å². The van der Waals surface area contributed by atoms with Crippen LogP contribution in [0, 0.1) is 0 Å². The predicted molar refractivity (Wildman–Crippen MR) is 216 cm³/mol. The number of hydrogen-bond donors (Lipinski definition) is 15. The van der Waals surface area contributed by atoms with Gasteiger partial charge in [-0.1, -0.05) is 36.4 Å². The summed E-state index contributed by atoms with van der Waals surface area (Å²) >= 11 is 0. The molecule has 0 radical (unpaired) electrons. The molecular weight excluding hydrogens is 900 g/mol. The van der Waals surface area contributed by atoms with Crippen molar-refractivity contribution in [2.75, 3.05) is 13.2 Å². The molecule has 2 aliphatic carbocycles. The van der Waals surface area contributed by atoms with E-state index in [1.165, 1.54) is 48.5 Å². The highest BCUT2D eigenvalue weighted by Gasteiger charge is 2.59. The minimum Gasteiger partial charge on any atom is -0.508 e. The average Bonchev–Trinajstić information content (AvgIpc) is 3.30. The molecule has 0 bridgehead atoms. The summed E-state index contributed by atoms with van der Waals surface area (Å²) < 4.78 is 20.8. The number of carbonyl (C=O) groups is 5. The van der Waals surface area contributed by atoms with Gasteiger partial charge in [0.25, 0.3) is 11.6 Å². The number of benzene rings is 2. The molecule has 0 amide bonds. The van der Waals surface area contributed by atoms with Gasteiger partial charge in [-0.25, -0.2) is 0 Å².